The van der Waals surface area contributed by atoms with Gasteiger partial charge in [-0.05, 0) is 26.3 Å². The Morgan fingerprint density at radius 3 is 2.75 bits per heavy atom. The van der Waals surface area contributed by atoms with Gasteiger partial charge in [0.2, 0.25) is 0 Å². The Labute approximate surface area is 72.7 Å². The SMILES string of the molecule is CCCN1CC(F)(F)CCC1C. The molecule has 0 aromatic carbocycles. The summed E-state index contributed by atoms with van der Waals surface area (Å²) in [7, 11) is 0. The van der Waals surface area contributed by atoms with Crippen molar-refractivity contribution in [3.05, 3.63) is 0 Å². The smallest absolute Gasteiger partial charge is 0.260 e. The second-order valence-electron chi connectivity index (χ2n) is 3.71. The zero-order valence-corrected chi connectivity index (χ0v) is 7.82. The highest BCUT2D eigenvalue weighted by Crippen LogP contribution is 2.29. The Hall–Kier alpha value is -0.180. The number of hydrogen-bond donors (Lipinski definition) is 0. The van der Waals surface area contributed by atoms with Crippen molar-refractivity contribution in [2.45, 2.75) is 45.1 Å². The van der Waals surface area contributed by atoms with E-state index in [0.29, 0.717) is 12.5 Å². The number of alkyl halides is 2. The first-order chi connectivity index (χ1) is 5.55. The maximum atomic E-state index is 12.9. The first-order valence-corrected chi connectivity index (χ1v) is 4.67. The molecule has 0 radical (unpaired) electrons. The van der Waals surface area contributed by atoms with Crippen molar-refractivity contribution in [3.8, 4) is 0 Å². The number of piperidine rings is 1. The Bertz CT molecular complexity index is 147. The molecule has 3 heteroatoms. The van der Waals surface area contributed by atoms with E-state index in [0.717, 1.165) is 13.0 Å². The minimum absolute atomic E-state index is 0.0397. The standard InChI is InChI=1S/C9H17F2N/c1-3-6-12-7-9(10,11)5-4-8(12)2/h8H,3-7H2,1-2H3. The van der Waals surface area contributed by atoms with Gasteiger partial charge in [0.05, 0.1) is 6.54 Å². The monoisotopic (exact) mass is 177 g/mol. The van der Waals surface area contributed by atoms with Gasteiger partial charge in [-0.25, -0.2) is 8.78 Å². The maximum absolute atomic E-state index is 12.9. The van der Waals surface area contributed by atoms with E-state index < -0.39 is 5.92 Å². The summed E-state index contributed by atoms with van der Waals surface area (Å²) in [5.41, 5.74) is 0. The molecule has 1 saturated heterocycles. The van der Waals surface area contributed by atoms with Crippen LogP contribution in [0.5, 0.6) is 0 Å². The van der Waals surface area contributed by atoms with E-state index in [4.69, 9.17) is 0 Å². The van der Waals surface area contributed by atoms with Gasteiger partial charge in [-0.15, -0.1) is 0 Å². The molecule has 0 aromatic rings. The van der Waals surface area contributed by atoms with Crippen LogP contribution in [0.2, 0.25) is 0 Å². The number of halogens is 2. The van der Waals surface area contributed by atoms with E-state index in [1.165, 1.54) is 0 Å². The largest absolute Gasteiger partial charge is 0.295 e. The van der Waals surface area contributed by atoms with Gasteiger partial charge in [0, 0.05) is 12.5 Å². The van der Waals surface area contributed by atoms with Crippen LogP contribution in [0.4, 0.5) is 8.78 Å². The highest BCUT2D eigenvalue weighted by atomic mass is 19.3. The van der Waals surface area contributed by atoms with E-state index in [1.807, 2.05) is 18.7 Å². The summed E-state index contributed by atoms with van der Waals surface area (Å²) in [5.74, 6) is -2.44. The molecule has 0 aliphatic carbocycles. The van der Waals surface area contributed by atoms with E-state index in [-0.39, 0.29) is 13.0 Å². The molecule has 1 aliphatic rings. The van der Waals surface area contributed by atoms with E-state index in [2.05, 4.69) is 0 Å². The van der Waals surface area contributed by atoms with Crippen molar-refractivity contribution >= 4 is 0 Å². The fourth-order valence-corrected chi connectivity index (χ4v) is 1.72. The van der Waals surface area contributed by atoms with Gasteiger partial charge in [-0.1, -0.05) is 6.92 Å². The van der Waals surface area contributed by atoms with Crippen LogP contribution in [-0.4, -0.2) is 30.0 Å². The molecule has 0 bridgehead atoms. The van der Waals surface area contributed by atoms with E-state index >= 15 is 0 Å². The molecule has 1 heterocycles. The molecule has 12 heavy (non-hydrogen) atoms. The van der Waals surface area contributed by atoms with E-state index in [1.54, 1.807) is 0 Å². The highest BCUT2D eigenvalue weighted by Gasteiger charge is 2.37. The van der Waals surface area contributed by atoms with Crippen LogP contribution in [0.15, 0.2) is 0 Å². The summed E-state index contributed by atoms with van der Waals surface area (Å²) >= 11 is 0. The van der Waals surface area contributed by atoms with E-state index in [9.17, 15) is 8.78 Å². The minimum Gasteiger partial charge on any atom is -0.295 e. The summed E-state index contributed by atoms with van der Waals surface area (Å²) in [6.07, 6.45) is 1.65. The molecule has 0 saturated carbocycles. The second kappa shape index (κ2) is 3.69. The molecule has 72 valence electrons. The van der Waals surface area contributed by atoms with Crippen LogP contribution in [0.3, 0.4) is 0 Å². The van der Waals surface area contributed by atoms with Crippen LogP contribution in [0, 0.1) is 0 Å². The molecule has 1 rings (SSSR count). The average molecular weight is 177 g/mol. The summed E-state index contributed by atoms with van der Waals surface area (Å²) in [5, 5.41) is 0. The lowest BCUT2D eigenvalue weighted by atomic mass is 10.0. The summed E-state index contributed by atoms with van der Waals surface area (Å²) < 4.78 is 25.8. The van der Waals surface area contributed by atoms with Crippen molar-refractivity contribution in [3.63, 3.8) is 0 Å². The van der Waals surface area contributed by atoms with Gasteiger partial charge in [-0.3, -0.25) is 4.90 Å². The van der Waals surface area contributed by atoms with Crippen molar-refractivity contribution in [1.82, 2.24) is 4.90 Å². The molecular weight excluding hydrogens is 160 g/mol. The first kappa shape index (κ1) is 9.90. The van der Waals surface area contributed by atoms with Gasteiger partial charge in [0.25, 0.3) is 5.92 Å². The number of rotatable bonds is 2. The molecule has 0 amide bonds. The minimum atomic E-state index is -2.44. The Balaban J connectivity index is 2.47. The van der Waals surface area contributed by atoms with Crippen LogP contribution in [0.1, 0.15) is 33.1 Å². The maximum Gasteiger partial charge on any atom is 0.260 e. The molecule has 0 N–H and O–H groups in total. The lowest BCUT2D eigenvalue weighted by Gasteiger charge is -2.37. The predicted molar refractivity (Wildman–Crippen MR) is 45.5 cm³/mol. The summed E-state index contributed by atoms with van der Waals surface area (Å²) in [6.45, 7) is 4.82. The normalized spacial score (nSPS) is 30.5. The van der Waals surface area contributed by atoms with Crippen LogP contribution < -0.4 is 0 Å². The summed E-state index contributed by atoms with van der Waals surface area (Å²) in [4.78, 5) is 1.89. The van der Waals surface area contributed by atoms with Crippen molar-refractivity contribution < 1.29 is 8.78 Å². The third-order valence-corrected chi connectivity index (χ3v) is 2.50. The fraction of sp³-hybridized carbons (Fsp3) is 1.00. The van der Waals surface area contributed by atoms with Gasteiger partial charge >= 0.3 is 0 Å². The zero-order chi connectivity index (χ0) is 9.19. The van der Waals surface area contributed by atoms with Gasteiger partial charge in [-0.2, -0.15) is 0 Å². The lowest BCUT2D eigenvalue weighted by Crippen LogP contribution is -2.47. The number of likely N-dealkylation sites (tertiary alicyclic amines) is 1. The Morgan fingerprint density at radius 2 is 2.17 bits per heavy atom. The molecular formula is C9H17F2N. The molecule has 0 aromatic heterocycles. The van der Waals surface area contributed by atoms with Crippen molar-refractivity contribution in [1.29, 1.82) is 0 Å². The molecule has 1 aliphatic heterocycles. The fourth-order valence-electron chi connectivity index (χ4n) is 1.72. The molecule has 1 unspecified atom stereocenters. The second-order valence-corrected chi connectivity index (χ2v) is 3.71. The number of hydrogen-bond acceptors (Lipinski definition) is 1. The van der Waals surface area contributed by atoms with Gasteiger partial charge < -0.3 is 0 Å². The molecule has 1 atom stereocenters. The molecule has 1 nitrogen and oxygen atoms in total. The van der Waals surface area contributed by atoms with Gasteiger partial charge in [0.15, 0.2) is 0 Å². The van der Waals surface area contributed by atoms with Crippen LogP contribution in [-0.2, 0) is 0 Å². The predicted octanol–water partition coefficient (Wildman–Crippen LogP) is 2.52. The molecule has 0 spiro atoms. The topological polar surface area (TPSA) is 3.24 Å². The average Bonchev–Trinajstić information content (AvgIpc) is 1.97. The summed E-state index contributed by atoms with van der Waals surface area (Å²) in [6, 6.07) is 0.338. The van der Waals surface area contributed by atoms with Crippen LogP contribution >= 0.6 is 0 Å². The first-order valence-electron chi connectivity index (χ1n) is 4.67. The third kappa shape index (κ3) is 2.41. The van der Waals surface area contributed by atoms with Crippen molar-refractivity contribution in [2.75, 3.05) is 13.1 Å². The van der Waals surface area contributed by atoms with Gasteiger partial charge in [0.1, 0.15) is 0 Å². The Kier molecular flexibility index (Phi) is 3.04. The zero-order valence-electron chi connectivity index (χ0n) is 7.82. The quantitative estimate of drug-likeness (QED) is 0.626. The molecule has 1 fully saturated rings. The third-order valence-electron chi connectivity index (χ3n) is 2.50. The highest BCUT2D eigenvalue weighted by molar-refractivity contribution is 4.83. The van der Waals surface area contributed by atoms with Crippen molar-refractivity contribution in [2.24, 2.45) is 0 Å². The number of nitrogens with zero attached hydrogens (tertiary/aromatic N) is 1. The van der Waals surface area contributed by atoms with Crippen LogP contribution in [0.25, 0.3) is 0 Å². The Morgan fingerprint density at radius 1 is 1.50 bits per heavy atom. The lowest BCUT2D eigenvalue weighted by molar-refractivity contribution is -0.0795.